The number of hydrogen-bond acceptors (Lipinski definition) is 3. The number of aromatic nitrogens is 1. The largest absolute Gasteiger partial charge is 0.324 e. The van der Waals surface area contributed by atoms with Gasteiger partial charge >= 0.3 is 0 Å². The first-order valence-electron chi connectivity index (χ1n) is 6.49. The van der Waals surface area contributed by atoms with Crippen LogP contribution in [0.5, 0.6) is 0 Å². The first-order valence-corrected chi connectivity index (χ1v) is 6.49. The van der Waals surface area contributed by atoms with E-state index in [2.05, 4.69) is 5.32 Å². The normalized spacial score (nSPS) is 15.0. The van der Waals surface area contributed by atoms with Gasteiger partial charge in [0.25, 0.3) is 5.91 Å². The van der Waals surface area contributed by atoms with Crippen LogP contribution in [0.25, 0.3) is 5.69 Å². The maximum Gasteiger partial charge on any atom is 0.254 e. The number of imide groups is 1. The molecule has 21 heavy (non-hydrogen) atoms. The quantitative estimate of drug-likeness (QED) is 0.819. The predicted molar refractivity (Wildman–Crippen MR) is 74.8 cm³/mol. The molecule has 1 aliphatic rings. The lowest BCUT2D eigenvalue weighted by molar-refractivity contribution is -0.135. The van der Waals surface area contributed by atoms with Crippen LogP contribution in [0, 0.1) is 0 Å². The number of benzene rings is 1. The molecular formula is C15H13N3O3. The van der Waals surface area contributed by atoms with Gasteiger partial charge in [0.05, 0.1) is 0 Å². The van der Waals surface area contributed by atoms with E-state index in [0.717, 1.165) is 5.69 Å². The van der Waals surface area contributed by atoms with Gasteiger partial charge in [-0.15, -0.1) is 0 Å². The Kier molecular flexibility index (Phi) is 3.27. The van der Waals surface area contributed by atoms with Crippen molar-refractivity contribution in [3.05, 3.63) is 54.4 Å². The highest BCUT2D eigenvalue weighted by molar-refractivity contribution is 6.05. The van der Waals surface area contributed by atoms with E-state index >= 15 is 0 Å². The highest BCUT2D eigenvalue weighted by Gasteiger charge is 2.26. The van der Waals surface area contributed by atoms with Gasteiger partial charge in [0.15, 0.2) is 0 Å². The maximum atomic E-state index is 12.3. The van der Waals surface area contributed by atoms with Crippen molar-refractivity contribution < 1.29 is 14.4 Å². The molecule has 0 spiro atoms. The molecule has 2 heterocycles. The van der Waals surface area contributed by atoms with Gasteiger partial charge in [-0.05, 0) is 36.4 Å². The van der Waals surface area contributed by atoms with Crippen molar-refractivity contribution in [3.63, 3.8) is 0 Å². The Morgan fingerprint density at radius 3 is 2.10 bits per heavy atom. The van der Waals surface area contributed by atoms with Crippen LogP contribution in [0.2, 0.25) is 0 Å². The molecule has 0 unspecified atom stereocenters. The highest BCUT2D eigenvalue weighted by atomic mass is 16.2. The fraction of sp³-hybridized carbons (Fsp3) is 0.133. The summed E-state index contributed by atoms with van der Waals surface area (Å²) in [5.41, 5.74) is 1.39. The minimum atomic E-state index is -0.455. The fourth-order valence-corrected chi connectivity index (χ4v) is 2.25. The van der Waals surface area contributed by atoms with Crippen molar-refractivity contribution in [2.75, 3.05) is 13.1 Å². The molecule has 1 aromatic carbocycles. The molecule has 6 heteroatoms. The van der Waals surface area contributed by atoms with Crippen LogP contribution in [-0.4, -0.2) is 40.3 Å². The summed E-state index contributed by atoms with van der Waals surface area (Å²) in [6.07, 6.45) is 3.81. The Labute approximate surface area is 121 Å². The van der Waals surface area contributed by atoms with Crippen LogP contribution in [-0.2, 0) is 9.59 Å². The summed E-state index contributed by atoms with van der Waals surface area (Å²) in [7, 11) is 0. The van der Waals surface area contributed by atoms with Crippen LogP contribution in [0.15, 0.2) is 48.8 Å². The van der Waals surface area contributed by atoms with Crippen molar-refractivity contribution in [2.24, 2.45) is 0 Å². The second-order valence-corrected chi connectivity index (χ2v) is 4.77. The number of piperazine rings is 1. The lowest BCUT2D eigenvalue weighted by Crippen LogP contribution is -2.53. The molecule has 106 valence electrons. The average Bonchev–Trinajstić information content (AvgIpc) is 3.00. The van der Waals surface area contributed by atoms with E-state index in [0.29, 0.717) is 5.56 Å². The SMILES string of the molecule is O=C1CN(C(=O)c2ccc(-n3cccc3)cc2)CC(=O)N1. The van der Waals surface area contributed by atoms with Gasteiger partial charge in [0, 0.05) is 23.6 Å². The molecule has 1 aliphatic heterocycles. The van der Waals surface area contributed by atoms with Crippen LogP contribution in [0.1, 0.15) is 10.4 Å². The van der Waals surface area contributed by atoms with Crippen LogP contribution >= 0.6 is 0 Å². The molecule has 0 aliphatic carbocycles. The molecule has 0 radical (unpaired) electrons. The third-order valence-electron chi connectivity index (χ3n) is 3.25. The number of carbonyl (C=O) groups is 3. The van der Waals surface area contributed by atoms with E-state index in [9.17, 15) is 14.4 Å². The zero-order valence-corrected chi connectivity index (χ0v) is 11.2. The minimum absolute atomic E-state index is 0.0933. The van der Waals surface area contributed by atoms with Gasteiger partial charge in [-0.1, -0.05) is 0 Å². The van der Waals surface area contributed by atoms with E-state index in [1.165, 1.54) is 4.90 Å². The zero-order chi connectivity index (χ0) is 14.8. The van der Waals surface area contributed by atoms with Gasteiger partial charge in [-0.2, -0.15) is 0 Å². The summed E-state index contributed by atoms with van der Waals surface area (Å²) in [5, 5.41) is 2.17. The van der Waals surface area contributed by atoms with E-state index < -0.39 is 11.8 Å². The third-order valence-corrected chi connectivity index (χ3v) is 3.25. The number of amides is 3. The standard InChI is InChI=1S/C15H13N3O3/c19-13-9-18(10-14(20)16-13)15(21)11-3-5-12(6-4-11)17-7-1-2-8-17/h1-8H,9-10H2,(H,16,19,20). The lowest BCUT2D eigenvalue weighted by Gasteiger charge is -2.25. The van der Waals surface area contributed by atoms with E-state index in [4.69, 9.17) is 0 Å². The van der Waals surface area contributed by atoms with E-state index in [1.807, 2.05) is 41.2 Å². The van der Waals surface area contributed by atoms with Crippen LogP contribution in [0.3, 0.4) is 0 Å². The topological polar surface area (TPSA) is 71.4 Å². The minimum Gasteiger partial charge on any atom is -0.324 e. The van der Waals surface area contributed by atoms with Crippen molar-refractivity contribution in [1.82, 2.24) is 14.8 Å². The van der Waals surface area contributed by atoms with Crippen molar-refractivity contribution in [2.45, 2.75) is 0 Å². The summed E-state index contributed by atoms with van der Waals surface area (Å²) >= 11 is 0. The highest BCUT2D eigenvalue weighted by Crippen LogP contribution is 2.12. The van der Waals surface area contributed by atoms with Crippen LogP contribution in [0.4, 0.5) is 0 Å². The molecule has 1 saturated heterocycles. The smallest absolute Gasteiger partial charge is 0.254 e. The second kappa shape index (κ2) is 5.24. The first kappa shape index (κ1) is 13.1. The second-order valence-electron chi connectivity index (χ2n) is 4.77. The van der Waals surface area contributed by atoms with Gasteiger partial charge in [0.2, 0.25) is 11.8 Å². The number of nitrogens with one attached hydrogen (secondary N) is 1. The molecule has 1 fully saturated rings. The molecule has 0 saturated carbocycles. The molecule has 3 amide bonds. The van der Waals surface area contributed by atoms with Gasteiger partial charge in [0.1, 0.15) is 13.1 Å². The molecule has 6 nitrogen and oxygen atoms in total. The van der Waals surface area contributed by atoms with Gasteiger partial charge in [-0.25, -0.2) is 0 Å². The van der Waals surface area contributed by atoms with Crippen molar-refractivity contribution >= 4 is 17.7 Å². The summed E-state index contributed by atoms with van der Waals surface area (Å²) in [4.78, 5) is 36.1. The zero-order valence-electron chi connectivity index (χ0n) is 11.2. The Hall–Kier alpha value is -2.89. The molecule has 2 aromatic rings. The fourth-order valence-electron chi connectivity index (χ4n) is 2.25. The average molecular weight is 283 g/mol. The number of nitrogens with zero attached hydrogens (tertiary/aromatic N) is 2. The Morgan fingerprint density at radius 2 is 1.52 bits per heavy atom. The molecule has 1 aromatic heterocycles. The van der Waals surface area contributed by atoms with Crippen molar-refractivity contribution in [1.29, 1.82) is 0 Å². The monoisotopic (exact) mass is 283 g/mol. The van der Waals surface area contributed by atoms with E-state index in [1.54, 1.807) is 12.1 Å². The predicted octanol–water partition coefficient (Wildman–Crippen LogP) is 0.576. The molecular weight excluding hydrogens is 270 g/mol. The number of hydrogen-bond donors (Lipinski definition) is 1. The third kappa shape index (κ3) is 2.69. The molecule has 3 rings (SSSR count). The molecule has 0 bridgehead atoms. The van der Waals surface area contributed by atoms with Crippen molar-refractivity contribution in [3.8, 4) is 5.69 Å². The number of carbonyl (C=O) groups excluding carboxylic acids is 3. The Bertz CT molecular complexity index is 673. The summed E-state index contributed by atoms with van der Waals surface area (Å²) in [6, 6.07) is 10.8. The summed E-state index contributed by atoms with van der Waals surface area (Å²) in [5.74, 6) is -1.23. The Balaban J connectivity index is 1.79. The molecule has 0 atom stereocenters. The van der Waals surface area contributed by atoms with Gasteiger partial charge < -0.3 is 9.47 Å². The number of rotatable bonds is 2. The maximum absolute atomic E-state index is 12.3. The summed E-state index contributed by atoms with van der Waals surface area (Å²) in [6.45, 7) is -0.187. The molecule has 1 N–H and O–H groups in total. The van der Waals surface area contributed by atoms with E-state index in [-0.39, 0.29) is 19.0 Å². The van der Waals surface area contributed by atoms with Crippen LogP contribution < -0.4 is 5.32 Å². The first-order chi connectivity index (χ1) is 10.1. The summed E-state index contributed by atoms with van der Waals surface area (Å²) < 4.78 is 1.92. The lowest BCUT2D eigenvalue weighted by atomic mass is 10.1. The Morgan fingerprint density at radius 1 is 0.952 bits per heavy atom. The van der Waals surface area contributed by atoms with Gasteiger partial charge in [-0.3, -0.25) is 19.7 Å².